The highest BCUT2D eigenvalue weighted by atomic mass is 16.5. The van der Waals surface area contributed by atoms with Gasteiger partial charge in [-0.25, -0.2) is 0 Å². The first-order valence-electron chi connectivity index (χ1n) is 6.02. The summed E-state index contributed by atoms with van der Waals surface area (Å²) in [6, 6.07) is 14.2. The van der Waals surface area contributed by atoms with Gasteiger partial charge in [-0.05, 0) is 28.8 Å². The SMILES string of the molecule is COC(=O)CC[C@@H](N)c1ccc2ccccc2c1. The van der Waals surface area contributed by atoms with Gasteiger partial charge in [0.2, 0.25) is 0 Å². The van der Waals surface area contributed by atoms with Crippen molar-refractivity contribution in [3.8, 4) is 0 Å². The fourth-order valence-corrected chi connectivity index (χ4v) is 1.98. The van der Waals surface area contributed by atoms with Crippen LogP contribution < -0.4 is 5.73 Å². The van der Waals surface area contributed by atoms with E-state index in [9.17, 15) is 4.79 Å². The molecule has 0 saturated carbocycles. The zero-order chi connectivity index (χ0) is 13.0. The van der Waals surface area contributed by atoms with E-state index in [2.05, 4.69) is 29.0 Å². The Kier molecular flexibility index (Phi) is 3.95. The summed E-state index contributed by atoms with van der Waals surface area (Å²) >= 11 is 0. The number of hydrogen-bond acceptors (Lipinski definition) is 3. The largest absolute Gasteiger partial charge is 0.469 e. The van der Waals surface area contributed by atoms with E-state index in [1.54, 1.807) is 0 Å². The van der Waals surface area contributed by atoms with Crippen LogP contribution >= 0.6 is 0 Å². The number of fused-ring (bicyclic) bond motifs is 1. The van der Waals surface area contributed by atoms with Crippen LogP contribution in [0.5, 0.6) is 0 Å². The lowest BCUT2D eigenvalue weighted by Crippen LogP contribution is -2.12. The maximum atomic E-state index is 11.1. The normalized spacial score (nSPS) is 12.3. The van der Waals surface area contributed by atoms with Gasteiger partial charge in [0.15, 0.2) is 0 Å². The molecule has 94 valence electrons. The van der Waals surface area contributed by atoms with E-state index in [-0.39, 0.29) is 12.0 Å². The van der Waals surface area contributed by atoms with Crippen molar-refractivity contribution in [2.75, 3.05) is 7.11 Å². The number of benzene rings is 2. The first-order valence-corrected chi connectivity index (χ1v) is 6.02. The number of hydrogen-bond donors (Lipinski definition) is 1. The van der Waals surface area contributed by atoms with Gasteiger partial charge in [0.25, 0.3) is 0 Å². The van der Waals surface area contributed by atoms with Gasteiger partial charge >= 0.3 is 5.97 Å². The van der Waals surface area contributed by atoms with Crippen LogP contribution in [-0.2, 0) is 9.53 Å². The molecule has 0 aromatic heterocycles. The van der Waals surface area contributed by atoms with Crippen LogP contribution in [-0.4, -0.2) is 13.1 Å². The number of carbonyl (C=O) groups is 1. The van der Waals surface area contributed by atoms with Gasteiger partial charge in [-0.1, -0.05) is 36.4 Å². The molecule has 1 atom stereocenters. The van der Waals surface area contributed by atoms with Crippen LogP contribution in [0.2, 0.25) is 0 Å². The number of nitrogens with two attached hydrogens (primary N) is 1. The van der Waals surface area contributed by atoms with Crippen molar-refractivity contribution in [2.24, 2.45) is 5.73 Å². The highest BCUT2D eigenvalue weighted by Gasteiger charge is 2.09. The molecule has 3 nitrogen and oxygen atoms in total. The maximum absolute atomic E-state index is 11.1. The highest BCUT2D eigenvalue weighted by Crippen LogP contribution is 2.21. The van der Waals surface area contributed by atoms with Crippen LogP contribution in [0.1, 0.15) is 24.4 Å². The number of ether oxygens (including phenoxy) is 1. The minimum Gasteiger partial charge on any atom is -0.469 e. The molecule has 0 fully saturated rings. The molecular formula is C15H17NO2. The molecule has 0 saturated heterocycles. The van der Waals surface area contributed by atoms with E-state index in [0.29, 0.717) is 12.8 Å². The third-order valence-electron chi connectivity index (χ3n) is 3.09. The molecule has 0 heterocycles. The zero-order valence-corrected chi connectivity index (χ0v) is 10.4. The van der Waals surface area contributed by atoms with Gasteiger partial charge in [-0.3, -0.25) is 4.79 Å². The number of rotatable bonds is 4. The molecule has 0 spiro atoms. The molecule has 0 unspecified atom stereocenters. The Morgan fingerprint density at radius 3 is 2.67 bits per heavy atom. The Bertz CT molecular complexity index is 551. The molecular weight excluding hydrogens is 226 g/mol. The molecule has 18 heavy (non-hydrogen) atoms. The van der Waals surface area contributed by atoms with Crippen molar-refractivity contribution in [3.05, 3.63) is 48.0 Å². The van der Waals surface area contributed by atoms with E-state index < -0.39 is 0 Å². The standard InChI is InChI=1S/C15H17NO2/c1-18-15(17)9-8-14(16)13-7-6-11-4-2-3-5-12(11)10-13/h2-7,10,14H,8-9,16H2,1H3/t14-/m1/s1. The van der Waals surface area contributed by atoms with Crippen LogP contribution in [0.4, 0.5) is 0 Å². The van der Waals surface area contributed by atoms with Crippen molar-refractivity contribution < 1.29 is 9.53 Å². The number of methoxy groups -OCH3 is 1. The molecule has 3 heteroatoms. The molecule has 0 bridgehead atoms. The summed E-state index contributed by atoms with van der Waals surface area (Å²) < 4.78 is 4.61. The average Bonchev–Trinajstić information content (AvgIpc) is 2.43. The fourth-order valence-electron chi connectivity index (χ4n) is 1.98. The first-order chi connectivity index (χ1) is 8.70. The summed E-state index contributed by atoms with van der Waals surface area (Å²) in [6.45, 7) is 0. The van der Waals surface area contributed by atoms with Crippen LogP contribution in [0.15, 0.2) is 42.5 Å². The second-order valence-corrected chi connectivity index (χ2v) is 4.33. The number of esters is 1. The molecule has 0 amide bonds. The highest BCUT2D eigenvalue weighted by molar-refractivity contribution is 5.83. The Morgan fingerprint density at radius 2 is 1.94 bits per heavy atom. The Morgan fingerprint density at radius 1 is 1.22 bits per heavy atom. The van der Waals surface area contributed by atoms with E-state index in [4.69, 9.17) is 5.73 Å². The third-order valence-corrected chi connectivity index (χ3v) is 3.09. The molecule has 2 N–H and O–H groups in total. The summed E-state index contributed by atoms with van der Waals surface area (Å²) in [5, 5.41) is 2.37. The third kappa shape index (κ3) is 2.87. The number of carbonyl (C=O) groups excluding carboxylic acids is 1. The van der Waals surface area contributed by atoms with Crippen molar-refractivity contribution >= 4 is 16.7 Å². The van der Waals surface area contributed by atoms with Gasteiger partial charge in [-0.2, -0.15) is 0 Å². The summed E-state index contributed by atoms with van der Waals surface area (Å²) in [5.74, 6) is -0.216. The minimum atomic E-state index is -0.216. The van der Waals surface area contributed by atoms with E-state index in [1.807, 2.05) is 18.2 Å². The minimum absolute atomic E-state index is 0.131. The van der Waals surface area contributed by atoms with Crippen molar-refractivity contribution in [1.29, 1.82) is 0 Å². The van der Waals surface area contributed by atoms with Crippen LogP contribution in [0.25, 0.3) is 10.8 Å². The van der Waals surface area contributed by atoms with Gasteiger partial charge < -0.3 is 10.5 Å². The topological polar surface area (TPSA) is 52.3 Å². The van der Waals surface area contributed by atoms with Crippen LogP contribution in [0.3, 0.4) is 0 Å². The lowest BCUT2D eigenvalue weighted by atomic mass is 9.99. The lowest BCUT2D eigenvalue weighted by Gasteiger charge is -2.12. The van der Waals surface area contributed by atoms with Gasteiger partial charge in [0.05, 0.1) is 7.11 Å². The van der Waals surface area contributed by atoms with E-state index in [0.717, 1.165) is 5.56 Å². The molecule has 2 aromatic rings. The van der Waals surface area contributed by atoms with Crippen molar-refractivity contribution in [3.63, 3.8) is 0 Å². The summed E-state index contributed by atoms with van der Waals surface area (Å²) in [7, 11) is 1.39. The smallest absolute Gasteiger partial charge is 0.305 e. The van der Waals surface area contributed by atoms with Gasteiger partial charge in [0, 0.05) is 12.5 Å². The molecule has 0 aliphatic heterocycles. The molecule has 2 aromatic carbocycles. The predicted molar refractivity (Wildman–Crippen MR) is 72.1 cm³/mol. The Labute approximate surface area is 107 Å². The fraction of sp³-hybridized carbons (Fsp3) is 0.267. The van der Waals surface area contributed by atoms with Gasteiger partial charge in [-0.15, -0.1) is 0 Å². The second-order valence-electron chi connectivity index (χ2n) is 4.33. The Balaban J connectivity index is 2.12. The zero-order valence-electron chi connectivity index (χ0n) is 10.4. The lowest BCUT2D eigenvalue weighted by molar-refractivity contribution is -0.140. The van der Waals surface area contributed by atoms with Gasteiger partial charge in [0.1, 0.15) is 0 Å². The second kappa shape index (κ2) is 5.65. The maximum Gasteiger partial charge on any atom is 0.305 e. The quantitative estimate of drug-likeness (QED) is 0.840. The monoisotopic (exact) mass is 243 g/mol. The van der Waals surface area contributed by atoms with Crippen molar-refractivity contribution in [1.82, 2.24) is 0 Å². The van der Waals surface area contributed by atoms with E-state index >= 15 is 0 Å². The Hall–Kier alpha value is -1.87. The molecule has 2 rings (SSSR count). The van der Waals surface area contributed by atoms with Crippen LogP contribution in [0, 0.1) is 0 Å². The summed E-state index contributed by atoms with van der Waals surface area (Å²) in [5.41, 5.74) is 7.13. The molecule has 0 radical (unpaired) electrons. The van der Waals surface area contributed by atoms with E-state index in [1.165, 1.54) is 17.9 Å². The first kappa shape index (κ1) is 12.6. The summed E-state index contributed by atoms with van der Waals surface area (Å²) in [6.07, 6.45) is 0.954. The van der Waals surface area contributed by atoms with Crippen molar-refractivity contribution in [2.45, 2.75) is 18.9 Å². The molecule has 0 aliphatic carbocycles. The molecule has 0 aliphatic rings. The average molecular weight is 243 g/mol. The summed E-state index contributed by atoms with van der Waals surface area (Å²) in [4.78, 5) is 11.1. The predicted octanol–water partition coefficient (Wildman–Crippen LogP) is 2.79.